The van der Waals surface area contributed by atoms with Crippen molar-refractivity contribution in [1.29, 1.82) is 0 Å². The summed E-state index contributed by atoms with van der Waals surface area (Å²) in [5.74, 6) is -3.99. The Bertz CT molecular complexity index is 2110. The zero-order valence-electron chi connectivity index (χ0n) is 31.2. The normalized spacial score (nSPS) is 25.2. The maximum absolute atomic E-state index is 15.4. The maximum Gasteiger partial charge on any atom is 0.313 e. The van der Waals surface area contributed by atoms with Crippen LogP contribution in [0.25, 0.3) is 10.8 Å². The number of aliphatic hydroxyl groups is 1. The number of fused-ring (bicyclic) bond motifs is 2. The average molecular weight is 821 g/mol. The summed E-state index contributed by atoms with van der Waals surface area (Å²) in [5, 5.41) is 15.9. The summed E-state index contributed by atoms with van der Waals surface area (Å²) in [5.41, 5.74) is 0.462. The Morgan fingerprint density at radius 3 is 2.30 bits per heavy atom. The zero-order chi connectivity index (χ0) is 39.6. The Labute approximate surface area is 335 Å². The molecular weight excluding hydrogens is 774 g/mol. The van der Waals surface area contributed by atoms with Gasteiger partial charge in [0.1, 0.15) is 17.7 Å². The molecule has 0 radical (unpaired) electrons. The number of carbonyl (C=O) groups excluding carboxylic acids is 4. The quantitative estimate of drug-likeness (QED) is 0.0788. The number of likely N-dealkylation sites (tertiary alicyclic amines) is 1. The molecule has 3 aliphatic rings. The van der Waals surface area contributed by atoms with Crippen LogP contribution in [-0.2, 0) is 28.7 Å². The van der Waals surface area contributed by atoms with Gasteiger partial charge in [-0.1, -0.05) is 119 Å². The fourth-order valence-electron chi connectivity index (χ4n) is 8.87. The van der Waals surface area contributed by atoms with Crippen LogP contribution in [0.15, 0.2) is 128 Å². The number of nitrogens with one attached hydrogen (secondary N) is 1. The van der Waals surface area contributed by atoms with E-state index in [0.717, 1.165) is 10.8 Å². The largest absolute Gasteiger partial charge is 0.455 e. The number of ether oxygens (including phenoxy) is 2. The molecule has 4 aromatic carbocycles. The predicted molar refractivity (Wildman–Crippen MR) is 218 cm³/mol. The fraction of sp³-hybridized carbons (Fsp3) is 0.333. The molecule has 10 nitrogen and oxygen atoms in total. The number of nitrogens with zero attached hydrogens (tertiary/aromatic N) is 2. The molecule has 3 aliphatic heterocycles. The van der Waals surface area contributed by atoms with Gasteiger partial charge in [0.15, 0.2) is 0 Å². The molecule has 7 rings (SSSR count). The van der Waals surface area contributed by atoms with Crippen LogP contribution in [0.4, 0.5) is 5.69 Å². The summed E-state index contributed by atoms with van der Waals surface area (Å²) < 4.78 is 13.2. The molecule has 9 atom stereocenters. The Hall–Kier alpha value is -5.10. The summed E-state index contributed by atoms with van der Waals surface area (Å²) in [6, 6.07) is 29.0. The number of anilines is 1. The highest BCUT2D eigenvalue weighted by molar-refractivity contribution is 9.09. The topological polar surface area (TPSA) is 125 Å². The Balaban J connectivity index is 1.29. The van der Waals surface area contributed by atoms with Gasteiger partial charge in [0.2, 0.25) is 11.8 Å². The maximum atomic E-state index is 15.4. The van der Waals surface area contributed by atoms with E-state index in [1.54, 1.807) is 36.1 Å². The molecule has 1 unspecified atom stereocenters. The molecule has 0 saturated carbocycles. The third kappa shape index (κ3) is 7.08. The van der Waals surface area contributed by atoms with Crippen molar-refractivity contribution in [3.05, 3.63) is 140 Å². The van der Waals surface area contributed by atoms with Gasteiger partial charge in [-0.15, -0.1) is 13.2 Å². The number of alkyl halides is 1. The van der Waals surface area contributed by atoms with Crippen LogP contribution in [0, 0.1) is 11.8 Å². The lowest BCUT2D eigenvalue weighted by Crippen LogP contribution is -2.57. The lowest BCUT2D eigenvalue weighted by atomic mass is 9.70. The van der Waals surface area contributed by atoms with Crippen molar-refractivity contribution in [3.63, 3.8) is 0 Å². The summed E-state index contributed by atoms with van der Waals surface area (Å²) in [6.45, 7) is 9.07. The number of halogens is 1. The van der Waals surface area contributed by atoms with E-state index in [4.69, 9.17) is 9.47 Å². The minimum absolute atomic E-state index is 0.132. The highest BCUT2D eigenvalue weighted by Gasteiger charge is 2.78. The van der Waals surface area contributed by atoms with Gasteiger partial charge in [-0.25, -0.2) is 0 Å². The van der Waals surface area contributed by atoms with E-state index < -0.39 is 77.0 Å². The van der Waals surface area contributed by atoms with E-state index in [1.807, 2.05) is 91.0 Å². The molecular formula is C45H46BrN3O7. The lowest BCUT2D eigenvalue weighted by molar-refractivity contribution is -0.162. The van der Waals surface area contributed by atoms with E-state index in [2.05, 4.69) is 34.4 Å². The fourth-order valence-corrected chi connectivity index (χ4v) is 9.81. The first kappa shape index (κ1) is 39.1. The second-order valence-electron chi connectivity index (χ2n) is 14.7. The van der Waals surface area contributed by atoms with Gasteiger partial charge in [-0.3, -0.25) is 19.2 Å². The van der Waals surface area contributed by atoms with Crippen molar-refractivity contribution in [1.82, 2.24) is 10.2 Å². The smallest absolute Gasteiger partial charge is 0.313 e. The first-order chi connectivity index (χ1) is 27.1. The molecule has 1 spiro atoms. The van der Waals surface area contributed by atoms with Crippen molar-refractivity contribution < 1.29 is 33.8 Å². The van der Waals surface area contributed by atoms with Gasteiger partial charge in [-0.05, 0) is 53.8 Å². The van der Waals surface area contributed by atoms with Crippen molar-refractivity contribution in [3.8, 4) is 0 Å². The van der Waals surface area contributed by atoms with Crippen molar-refractivity contribution in [2.45, 2.75) is 66.9 Å². The van der Waals surface area contributed by atoms with E-state index in [1.165, 1.54) is 4.90 Å². The standard InChI is InChI=1S/C45H46BrN3O7/c1-4-6-21-36(51)47-28(3)39(31-18-11-8-12-19-31)55-44(54)37-38-42(52)49(35(27-50)30-16-9-7-10-17-30)41(45(38)26-34(46)40(37)56-45)43(53)48(24-5-2)33-23-22-29-15-13-14-20-32(29)25-33/h4-5,7-20,22-23,25,28,34-35,37-41,50H,1-2,6,21,24,26-27H2,3H3,(H,47,51)/t28-,34?,35+,37+,38-,39-,40+,41+,45-/m0/s1. The van der Waals surface area contributed by atoms with Gasteiger partial charge in [0, 0.05) is 23.5 Å². The van der Waals surface area contributed by atoms with Crippen molar-refractivity contribution >= 4 is 56.1 Å². The molecule has 56 heavy (non-hydrogen) atoms. The van der Waals surface area contributed by atoms with Crippen molar-refractivity contribution in [2.75, 3.05) is 18.1 Å². The van der Waals surface area contributed by atoms with E-state index in [-0.39, 0.29) is 25.3 Å². The van der Waals surface area contributed by atoms with Crippen LogP contribution < -0.4 is 10.2 Å². The summed E-state index contributed by atoms with van der Waals surface area (Å²) in [6.07, 6.45) is 2.59. The Morgan fingerprint density at radius 1 is 0.982 bits per heavy atom. The number of esters is 1. The number of rotatable bonds is 15. The number of hydrogen-bond donors (Lipinski definition) is 2. The number of allylic oxidation sites excluding steroid dienone is 1. The monoisotopic (exact) mass is 819 g/mol. The van der Waals surface area contributed by atoms with Gasteiger partial charge in [0.25, 0.3) is 5.91 Å². The third-order valence-electron chi connectivity index (χ3n) is 11.3. The zero-order valence-corrected chi connectivity index (χ0v) is 32.8. The second kappa shape index (κ2) is 16.6. The van der Waals surface area contributed by atoms with Crippen LogP contribution in [0.5, 0.6) is 0 Å². The third-order valence-corrected chi connectivity index (χ3v) is 12.2. The molecule has 11 heteroatoms. The molecule has 2 bridgehead atoms. The highest BCUT2D eigenvalue weighted by atomic mass is 79.9. The second-order valence-corrected chi connectivity index (χ2v) is 15.9. The number of amides is 3. The Morgan fingerprint density at radius 2 is 1.64 bits per heavy atom. The lowest BCUT2D eigenvalue weighted by Gasteiger charge is -2.39. The van der Waals surface area contributed by atoms with E-state index in [0.29, 0.717) is 23.2 Å². The van der Waals surface area contributed by atoms with Gasteiger partial charge in [-0.2, -0.15) is 0 Å². The minimum atomic E-state index is -1.44. The number of benzene rings is 4. The predicted octanol–water partition coefficient (Wildman–Crippen LogP) is 6.60. The minimum Gasteiger partial charge on any atom is -0.455 e. The molecule has 4 aromatic rings. The van der Waals surface area contributed by atoms with Gasteiger partial charge < -0.3 is 29.7 Å². The first-order valence-corrected chi connectivity index (χ1v) is 19.9. The molecule has 0 aromatic heterocycles. The van der Waals surface area contributed by atoms with Gasteiger partial charge >= 0.3 is 5.97 Å². The van der Waals surface area contributed by atoms with Crippen LogP contribution in [-0.4, -0.2) is 75.5 Å². The van der Waals surface area contributed by atoms with Crippen LogP contribution in [0.3, 0.4) is 0 Å². The van der Waals surface area contributed by atoms with Crippen LogP contribution >= 0.6 is 15.9 Å². The van der Waals surface area contributed by atoms with E-state index >= 15 is 9.59 Å². The van der Waals surface area contributed by atoms with Crippen LogP contribution in [0.2, 0.25) is 0 Å². The summed E-state index contributed by atoms with van der Waals surface area (Å²) in [4.78, 5) is 60.7. The summed E-state index contributed by atoms with van der Waals surface area (Å²) in [7, 11) is 0. The number of aliphatic hydroxyl groups excluding tert-OH is 1. The molecule has 3 saturated heterocycles. The molecule has 2 N–H and O–H groups in total. The molecule has 3 fully saturated rings. The molecule has 290 valence electrons. The molecule has 3 amide bonds. The number of hydrogen-bond acceptors (Lipinski definition) is 7. The van der Waals surface area contributed by atoms with E-state index in [9.17, 15) is 14.7 Å². The number of carbonyl (C=O) groups is 4. The molecule has 0 aliphatic carbocycles. The van der Waals surface area contributed by atoms with Crippen LogP contribution in [0.1, 0.15) is 49.5 Å². The Kier molecular flexibility index (Phi) is 11.6. The summed E-state index contributed by atoms with van der Waals surface area (Å²) >= 11 is 3.77. The average Bonchev–Trinajstić information content (AvgIpc) is 3.81. The van der Waals surface area contributed by atoms with Crippen molar-refractivity contribution in [2.24, 2.45) is 11.8 Å². The highest BCUT2D eigenvalue weighted by Crippen LogP contribution is 2.61. The first-order valence-electron chi connectivity index (χ1n) is 19.0. The SMILES string of the molecule is C=CCCC(=O)N[C@@H](C)[C@H](OC(=O)[C@H]1[C@@H]2O[C@@]3(CC2Br)[C@@H]1C(=O)N([C@H](CO)c1ccccc1)[C@@H]3C(=O)N(CC=C)c1ccc2ccccc2c1)c1ccccc1. The van der Waals surface area contributed by atoms with Gasteiger partial charge in [0.05, 0.1) is 36.6 Å². The molecule has 3 heterocycles.